The van der Waals surface area contributed by atoms with Gasteiger partial charge in [-0.25, -0.2) is 0 Å². The molecule has 8 heteroatoms. The molecule has 0 fully saturated rings. The van der Waals surface area contributed by atoms with Crippen molar-refractivity contribution in [2.24, 2.45) is 0 Å². The molecule has 0 aromatic heterocycles. The molecular weight excluding hydrogens is 476 g/mol. The van der Waals surface area contributed by atoms with E-state index in [-0.39, 0.29) is 57.9 Å². The van der Waals surface area contributed by atoms with Crippen LogP contribution in [0.1, 0.15) is 69.3 Å². The predicted octanol–water partition coefficient (Wildman–Crippen LogP) is 5.20. The number of benzene rings is 2. The van der Waals surface area contributed by atoms with E-state index >= 15 is 0 Å². The van der Waals surface area contributed by atoms with Gasteiger partial charge in [0.05, 0.1) is 43.3 Å². The zero-order chi connectivity index (χ0) is 26.4. The number of fused-ring (bicyclic) bond motifs is 2. The molecule has 1 aliphatic heterocycles. The maximum Gasteiger partial charge on any atom is 0.241 e. The lowest BCUT2D eigenvalue weighted by molar-refractivity contribution is -0.116. The number of methoxy groups -OCH3 is 2. The molecule has 0 saturated heterocycles. The Labute approximate surface area is 212 Å². The first-order chi connectivity index (χ1) is 16.9. The Morgan fingerprint density at radius 2 is 1.56 bits per heavy atom. The van der Waals surface area contributed by atoms with Crippen LogP contribution in [-0.4, -0.2) is 46.0 Å². The minimum absolute atomic E-state index is 0.0669. The topological polar surface area (TPSA) is 88.1 Å². The highest BCUT2D eigenvalue weighted by Crippen LogP contribution is 2.44. The fourth-order valence-electron chi connectivity index (χ4n) is 4.95. The summed E-state index contributed by atoms with van der Waals surface area (Å²) in [4.78, 5) is 39.2. The molecule has 0 saturated carbocycles. The normalized spacial score (nSPS) is 19.2. The largest absolute Gasteiger partial charge is 0.547 e. The van der Waals surface area contributed by atoms with Gasteiger partial charge in [0.1, 0.15) is 17.3 Å². The van der Waals surface area contributed by atoms with E-state index in [2.05, 4.69) is 19.6 Å². The van der Waals surface area contributed by atoms with Crippen molar-refractivity contribution >= 4 is 25.7 Å². The molecule has 1 aliphatic carbocycles. The number of carbonyl (C=O) groups is 3. The number of hydrogen-bond donors (Lipinski definition) is 0. The van der Waals surface area contributed by atoms with Crippen molar-refractivity contribution in [1.29, 1.82) is 0 Å². The lowest BCUT2D eigenvalue weighted by Crippen LogP contribution is -2.29. The van der Waals surface area contributed by atoms with Crippen molar-refractivity contribution in [3.63, 3.8) is 0 Å². The van der Waals surface area contributed by atoms with Gasteiger partial charge in [0.2, 0.25) is 8.32 Å². The number of ketones is 3. The third-order valence-corrected chi connectivity index (χ3v) is 7.06. The van der Waals surface area contributed by atoms with Crippen LogP contribution in [0.2, 0.25) is 19.6 Å². The summed E-state index contributed by atoms with van der Waals surface area (Å²) in [6, 6.07) is 6.70. The Balaban J connectivity index is 1.80. The van der Waals surface area contributed by atoms with Gasteiger partial charge < -0.3 is 18.6 Å². The second-order valence-corrected chi connectivity index (χ2v) is 14.6. The first-order valence-electron chi connectivity index (χ1n) is 12.0. The molecule has 1 heterocycles. The van der Waals surface area contributed by atoms with Crippen molar-refractivity contribution in [2.75, 3.05) is 14.2 Å². The van der Waals surface area contributed by atoms with Crippen LogP contribution in [0.5, 0.6) is 11.5 Å². The first kappa shape index (κ1) is 25.8. The maximum absolute atomic E-state index is 13.8. The molecule has 0 N–H and O–H groups in total. The zero-order valence-corrected chi connectivity index (χ0v) is 22.8. The van der Waals surface area contributed by atoms with Crippen LogP contribution in [-0.2, 0) is 20.4 Å². The Morgan fingerprint density at radius 3 is 2.11 bits per heavy atom. The summed E-state index contributed by atoms with van der Waals surface area (Å²) >= 11 is 0. The van der Waals surface area contributed by atoms with Crippen LogP contribution in [0.4, 0.5) is 0 Å². The highest BCUT2D eigenvalue weighted by molar-refractivity contribution is 6.70. The Hall–Kier alpha value is -3.23. The van der Waals surface area contributed by atoms with Gasteiger partial charge in [-0.05, 0) is 51.7 Å². The van der Waals surface area contributed by atoms with Gasteiger partial charge in [-0.15, -0.1) is 0 Å². The zero-order valence-electron chi connectivity index (χ0n) is 21.8. The Morgan fingerprint density at radius 1 is 0.972 bits per heavy atom. The van der Waals surface area contributed by atoms with Gasteiger partial charge in [-0.3, -0.25) is 14.4 Å². The number of carbonyl (C=O) groups excluding carboxylic acids is 3. The molecule has 0 unspecified atom stereocenters. The minimum Gasteiger partial charge on any atom is -0.547 e. The summed E-state index contributed by atoms with van der Waals surface area (Å²) < 4.78 is 23.7. The maximum atomic E-state index is 13.8. The van der Waals surface area contributed by atoms with Gasteiger partial charge >= 0.3 is 0 Å². The summed E-state index contributed by atoms with van der Waals surface area (Å²) in [5.41, 5.74) is 2.13. The number of Topliss-reactive ketones (excluding diaryl/α,β-unsaturated/α-hetero) is 1. The molecule has 2 aliphatic rings. The lowest BCUT2D eigenvalue weighted by atomic mass is 9.80. The first-order valence-corrected chi connectivity index (χ1v) is 15.4. The van der Waals surface area contributed by atoms with Crippen molar-refractivity contribution in [3.8, 4) is 11.5 Å². The predicted molar refractivity (Wildman–Crippen MR) is 138 cm³/mol. The average Bonchev–Trinajstić information content (AvgIpc) is 2.79. The van der Waals surface area contributed by atoms with E-state index in [9.17, 15) is 14.4 Å². The van der Waals surface area contributed by atoms with E-state index in [1.807, 2.05) is 13.0 Å². The number of rotatable bonds is 7. The van der Waals surface area contributed by atoms with Crippen LogP contribution in [0.3, 0.4) is 0 Å². The van der Waals surface area contributed by atoms with Crippen LogP contribution >= 0.6 is 0 Å². The molecule has 2 aromatic rings. The molecular formula is C28H32O7Si. The Bertz CT molecular complexity index is 1290. The van der Waals surface area contributed by atoms with Crippen LogP contribution in [0.25, 0.3) is 0 Å². The molecule has 2 aromatic carbocycles. The smallest absolute Gasteiger partial charge is 0.241 e. The molecule has 0 amide bonds. The van der Waals surface area contributed by atoms with Crippen LogP contribution in [0.15, 0.2) is 36.1 Å². The molecule has 2 atom stereocenters. The Kier molecular flexibility index (Phi) is 6.94. The fourth-order valence-corrected chi connectivity index (χ4v) is 5.89. The summed E-state index contributed by atoms with van der Waals surface area (Å²) in [5, 5.41) is 0. The number of hydrogen-bond acceptors (Lipinski definition) is 7. The van der Waals surface area contributed by atoms with E-state index in [1.54, 1.807) is 24.3 Å². The monoisotopic (exact) mass is 508 g/mol. The van der Waals surface area contributed by atoms with E-state index in [4.69, 9.17) is 18.6 Å². The van der Waals surface area contributed by atoms with E-state index in [0.29, 0.717) is 23.3 Å². The van der Waals surface area contributed by atoms with Crippen molar-refractivity contribution in [2.45, 2.75) is 58.5 Å². The van der Waals surface area contributed by atoms with Crippen LogP contribution < -0.4 is 9.47 Å². The minimum atomic E-state index is -1.82. The number of ether oxygens (including phenoxy) is 3. The van der Waals surface area contributed by atoms with Gasteiger partial charge in [-0.1, -0.05) is 12.1 Å². The van der Waals surface area contributed by atoms with Crippen LogP contribution in [0, 0.1) is 0 Å². The van der Waals surface area contributed by atoms with Gasteiger partial charge in [0.15, 0.2) is 11.6 Å². The second kappa shape index (κ2) is 9.67. The summed E-state index contributed by atoms with van der Waals surface area (Å²) in [7, 11) is 1.11. The highest BCUT2D eigenvalue weighted by Gasteiger charge is 2.38. The molecule has 4 rings (SSSR count). The molecule has 0 radical (unpaired) electrons. The van der Waals surface area contributed by atoms with Gasteiger partial charge in [0.25, 0.3) is 0 Å². The molecule has 7 nitrogen and oxygen atoms in total. The van der Waals surface area contributed by atoms with Gasteiger partial charge in [0, 0.05) is 35.1 Å². The highest BCUT2D eigenvalue weighted by atomic mass is 28.4. The standard InChI is InChI=1S/C28H32O7Si/c1-15(29)12-17-8-9-20-23(27(17)32-3)25(30)21-11-10-19(28(33-4)24(21)26(20)31)22-14-18(13-16(2)34-22)35-36(5,6)7/h8-11,13,16,22H,12,14H2,1-7H3/t16-,22-/m1/s1. The second-order valence-electron chi connectivity index (χ2n) is 10.2. The molecule has 36 heavy (non-hydrogen) atoms. The molecule has 190 valence electrons. The van der Waals surface area contributed by atoms with E-state index < -0.39 is 14.4 Å². The molecule has 0 spiro atoms. The third-order valence-electron chi connectivity index (χ3n) is 6.19. The summed E-state index contributed by atoms with van der Waals surface area (Å²) in [6.45, 7) is 9.79. The third kappa shape index (κ3) is 4.75. The SMILES string of the molecule is COc1c(CC(C)=O)ccc2c1C(=O)c1ccc([C@H]3CC(O[Si](C)(C)C)=C[C@@H](C)O3)c(OC)c1C2=O. The van der Waals surface area contributed by atoms with Crippen molar-refractivity contribution in [1.82, 2.24) is 0 Å². The van der Waals surface area contributed by atoms with Crippen molar-refractivity contribution in [3.05, 3.63) is 69.5 Å². The fraction of sp³-hybridized carbons (Fsp3) is 0.393. The summed E-state index contributed by atoms with van der Waals surface area (Å²) in [6.07, 6.45) is 2.02. The quantitative estimate of drug-likeness (QED) is 0.406. The van der Waals surface area contributed by atoms with Crippen molar-refractivity contribution < 1.29 is 33.0 Å². The van der Waals surface area contributed by atoms with E-state index in [1.165, 1.54) is 21.1 Å². The summed E-state index contributed by atoms with van der Waals surface area (Å²) in [5.74, 6) is 0.722. The van der Waals surface area contributed by atoms with Gasteiger partial charge in [-0.2, -0.15) is 0 Å². The molecule has 0 bridgehead atoms. The van der Waals surface area contributed by atoms with E-state index in [0.717, 1.165) is 5.76 Å². The lowest BCUT2D eigenvalue weighted by Gasteiger charge is -2.33. The average molecular weight is 509 g/mol.